The largest absolute Gasteiger partial charge is 0.491 e. The smallest absolute Gasteiger partial charge is 0.324 e. The molecule has 0 aliphatic heterocycles. The van der Waals surface area contributed by atoms with Crippen LogP contribution in [0.3, 0.4) is 0 Å². The first-order chi connectivity index (χ1) is 23.8. The quantitative estimate of drug-likeness (QED) is 0.0236. The maximum atomic E-state index is 12.5. The molecule has 6 N–H and O–H groups in total. The molecule has 276 valence electrons. The van der Waals surface area contributed by atoms with E-state index in [9.17, 15) is 14.8 Å². The number of amides is 1. The van der Waals surface area contributed by atoms with Crippen molar-refractivity contribution in [3.05, 3.63) is 38.5 Å². The summed E-state index contributed by atoms with van der Waals surface area (Å²) in [6.07, 6.45) is 24.1. The van der Waals surface area contributed by atoms with E-state index in [0.717, 1.165) is 24.1 Å². The van der Waals surface area contributed by atoms with Gasteiger partial charge in [-0.25, -0.2) is 4.98 Å². The molecule has 0 radical (unpaired) electrons. The molecule has 1 amide bonds. The van der Waals surface area contributed by atoms with Gasteiger partial charge in [0.1, 0.15) is 11.5 Å². The van der Waals surface area contributed by atoms with E-state index in [4.69, 9.17) is 15.3 Å². The Kier molecular flexibility index (Phi) is 23.5. The number of carbonyl (C=O) groups excluding carboxylic acids is 2. The zero-order chi connectivity index (χ0) is 35.5. The van der Waals surface area contributed by atoms with Crippen molar-refractivity contribution in [2.75, 3.05) is 25.4 Å². The number of unbranched alkanes of at least 4 members (excludes halogenated alkanes) is 15. The van der Waals surface area contributed by atoms with Crippen molar-refractivity contribution < 1.29 is 24.4 Å². The number of carbonyl (C=O) groups is 2. The molecule has 0 aliphatic rings. The number of imidazole rings is 1. The minimum Gasteiger partial charge on any atom is -0.491 e. The van der Waals surface area contributed by atoms with Crippen LogP contribution in [0.4, 0.5) is 5.95 Å². The van der Waals surface area contributed by atoms with E-state index in [1.54, 1.807) is 6.20 Å². The van der Waals surface area contributed by atoms with Gasteiger partial charge < -0.3 is 30.8 Å². The molecule has 0 aliphatic carbocycles. The fourth-order valence-corrected chi connectivity index (χ4v) is 6.95. The van der Waals surface area contributed by atoms with E-state index in [0.29, 0.717) is 59.6 Å². The Morgan fingerprint density at radius 2 is 1.45 bits per heavy atom. The number of hydroxylamine groups is 1. The third-order valence-corrected chi connectivity index (χ3v) is 9.41. The molecule has 1 aromatic heterocycles. The number of nitrogen functional groups attached to an aromatic ring is 1. The molecule has 0 unspecified atom stereocenters. The molecule has 0 saturated heterocycles. The summed E-state index contributed by atoms with van der Waals surface area (Å²) < 4.78 is 7.29. The molecule has 11 nitrogen and oxygen atoms in total. The molecular formula is C36H58Br2N6O5. The Labute approximate surface area is 309 Å². The number of anilines is 1. The Balaban J connectivity index is 1.48. The monoisotopic (exact) mass is 812 g/mol. The third kappa shape index (κ3) is 20.0. The van der Waals surface area contributed by atoms with Gasteiger partial charge in [-0.05, 0) is 62.4 Å². The minimum atomic E-state index is -0.471. The lowest BCUT2D eigenvalue weighted by atomic mass is 10.0. The van der Waals surface area contributed by atoms with Crippen molar-refractivity contribution in [1.29, 1.82) is 0 Å². The zero-order valence-corrected chi connectivity index (χ0v) is 32.5. The number of benzene rings is 1. The first kappa shape index (κ1) is 42.5. The molecule has 0 fully saturated rings. The van der Waals surface area contributed by atoms with Gasteiger partial charge >= 0.3 is 5.97 Å². The highest BCUT2D eigenvalue weighted by Crippen LogP contribution is 2.35. The summed E-state index contributed by atoms with van der Waals surface area (Å²) in [5.74, 6) is 0.223. The van der Waals surface area contributed by atoms with Crippen molar-refractivity contribution in [3.63, 3.8) is 0 Å². The van der Waals surface area contributed by atoms with Crippen LogP contribution in [0, 0.1) is 0 Å². The fraction of sp³-hybridized carbons (Fsp3) is 0.667. The van der Waals surface area contributed by atoms with Crippen LogP contribution in [0.2, 0.25) is 0 Å². The van der Waals surface area contributed by atoms with E-state index in [2.05, 4.69) is 64.7 Å². The zero-order valence-electron chi connectivity index (χ0n) is 29.3. The lowest BCUT2D eigenvalue weighted by molar-refractivity contribution is -0.151. The van der Waals surface area contributed by atoms with E-state index in [-0.39, 0.29) is 18.1 Å². The maximum Gasteiger partial charge on any atom is 0.324 e. The van der Waals surface area contributed by atoms with Crippen LogP contribution in [-0.4, -0.2) is 52.5 Å². The van der Waals surface area contributed by atoms with Gasteiger partial charge in [-0.3, -0.25) is 9.59 Å². The van der Waals surface area contributed by atoms with Gasteiger partial charge in [0.05, 0.1) is 21.7 Å². The number of aromatic nitrogens is 2. The fourth-order valence-electron chi connectivity index (χ4n) is 5.44. The maximum absolute atomic E-state index is 12.5. The Morgan fingerprint density at radius 3 is 1.98 bits per heavy atom. The molecule has 2 rings (SSSR count). The van der Waals surface area contributed by atoms with Crippen LogP contribution in [-0.2, 0) is 27.3 Å². The average Bonchev–Trinajstić information content (AvgIpc) is 3.50. The summed E-state index contributed by atoms with van der Waals surface area (Å²) in [6, 6.07) is 3.62. The molecule has 1 heterocycles. The number of oxime groups is 1. The summed E-state index contributed by atoms with van der Waals surface area (Å²) in [6.45, 7) is 3.46. The summed E-state index contributed by atoms with van der Waals surface area (Å²) >= 11 is 7.05. The Morgan fingerprint density at radius 1 is 0.878 bits per heavy atom. The molecule has 2 aromatic rings. The number of ether oxygens (including phenoxy) is 1. The summed E-state index contributed by atoms with van der Waals surface area (Å²) in [5.41, 5.74) is 9.82. The van der Waals surface area contributed by atoms with Crippen molar-refractivity contribution in [1.82, 2.24) is 20.8 Å². The van der Waals surface area contributed by atoms with Crippen LogP contribution < -0.4 is 21.3 Å². The van der Waals surface area contributed by atoms with Gasteiger partial charge in [0, 0.05) is 38.0 Å². The number of H-pyrrole nitrogens is 1. The standard InChI is InChI=1S/C36H58Br2N6O5/c1-2-3-4-5-6-7-8-9-10-11-12-13-14-15-16-17-19-33(45)49-42-21-18-23-48-34-30(37)24-28(25-31(34)38)26-32(44-47)35(46)40-22-20-29-27-41-36(39)43-29/h24-25,27,42,47H,2-23,26H2,1H3,(H,40,46)(H3,39,41,43). The van der Waals surface area contributed by atoms with Crippen molar-refractivity contribution in [2.45, 2.75) is 135 Å². The molecule has 0 bridgehead atoms. The number of nitrogens with one attached hydrogen (secondary N) is 3. The number of hydrogen-bond acceptors (Lipinski definition) is 9. The number of halogens is 2. The van der Waals surface area contributed by atoms with Crippen LogP contribution >= 0.6 is 31.9 Å². The highest BCUT2D eigenvalue weighted by atomic mass is 79.9. The van der Waals surface area contributed by atoms with Crippen LogP contribution in [0.15, 0.2) is 32.4 Å². The Bertz CT molecular complexity index is 1220. The lowest BCUT2D eigenvalue weighted by Crippen LogP contribution is -2.33. The SMILES string of the molecule is CCCCCCCCCCCCCCCCCCC(=O)ONCCCOc1c(Br)cc(CC(=NO)C(=O)NCCc2cnc(N)[nH]2)cc1Br. The number of nitrogens with zero attached hydrogens (tertiary/aromatic N) is 2. The summed E-state index contributed by atoms with van der Waals surface area (Å²) in [7, 11) is 0. The van der Waals surface area contributed by atoms with E-state index in [1.165, 1.54) is 89.9 Å². The molecular weight excluding hydrogens is 756 g/mol. The molecule has 0 saturated carbocycles. The van der Waals surface area contributed by atoms with Gasteiger partial charge in [-0.15, -0.1) is 0 Å². The average molecular weight is 815 g/mol. The highest BCUT2D eigenvalue weighted by molar-refractivity contribution is 9.11. The summed E-state index contributed by atoms with van der Waals surface area (Å²) in [4.78, 5) is 36.5. The molecule has 1 aromatic carbocycles. The number of rotatable bonds is 29. The number of hydrogen-bond donors (Lipinski definition) is 5. The topological polar surface area (TPSA) is 164 Å². The second kappa shape index (κ2) is 27.1. The third-order valence-electron chi connectivity index (χ3n) is 8.23. The van der Waals surface area contributed by atoms with E-state index in [1.807, 2.05) is 12.1 Å². The minimum absolute atomic E-state index is 0.0213. The highest BCUT2D eigenvalue weighted by Gasteiger charge is 2.16. The second-order valence-corrected chi connectivity index (χ2v) is 14.2. The van der Waals surface area contributed by atoms with Crippen LogP contribution in [0.1, 0.15) is 134 Å². The van der Waals surface area contributed by atoms with Gasteiger partial charge in [-0.1, -0.05) is 108 Å². The molecule has 13 heteroatoms. The molecule has 0 atom stereocenters. The first-order valence-electron chi connectivity index (χ1n) is 18.2. The van der Waals surface area contributed by atoms with E-state index < -0.39 is 5.91 Å². The molecule has 49 heavy (non-hydrogen) atoms. The molecule has 0 spiro atoms. The first-order valence-corrected chi connectivity index (χ1v) is 19.7. The Hall–Kier alpha value is -2.64. The van der Waals surface area contributed by atoms with Gasteiger partial charge in [-0.2, -0.15) is 5.48 Å². The normalized spacial score (nSPS) is 11.5. The second-order valence-electron chi connectivity index (χ2n) is 12.5. The van der Waals surface area contributed by atoms with Gasteiger partial charge in [0.25, 0.3) is 5.91 Å². The van der Waals surface area contributed by atoms with Crippen molar-refractivity contribution >= 4 is 55.4 Å². The lowest BCUT2D eigenvalue weighted by Gasteiger charge is -2.13. The van der Waals surface area contributed by atoms with Crippen molar-refractivity contribution in [3.8, 4) is 5.75 Å². The van der Waals surface area contributed by atoms with Gasteiger partial charge in [0.2, 0.25) is 0 Å². The van der Waals surface area contributed by atoms with Crippen LogP contribution in [0.5, 0.6) is 5.75 Å². The van der Waals surface area contributed by atoms with Gasteiger partial charge in [0.15, 0.2) is 5.95 Å². The van der Waals surface area contributed by atoms with Crippen LogP contribution in [0.25, 0.3) is 0 Å². The summed E-state index contributed by atoms with van der Waals surface area (Å²) in [5, 5.41) is 15.4. The number of aromatic amines is 1. The number of nitrogens with two attached hydrogens (primary N) is 1. The van der Waals surface area contributed by atoms with E-state index >= 15 is 0 Å². The predicted octanol–water partition coefficient (Wildman–Crippen LogP) is 8.72. The predicted molar refractivity (Wildman–Crippen MR) is 203 cm³/mol. The van der Waals surface area contributed by atoms with Crippen molar-refractivity contribution in [2.24, 2.45) is 5.16 Å².